The van der Waals surface area contributed by atoms with E-state index >= 15 is 0 Å². The third-order valence-corrected chi connectivity index (χ3v) is 2.41. The number of rotatable bonds is 3. The van der Waals surface area contributed by atoms with Crippen LogP contribution in [0.2, 0.25) is 0 Å². The first-order chi connectivity index (χ1) is 8.75. The van der Waals surface area contributed by atoms with E-state index in [1.807, 2.05) is 30.3 Å². The molecule has 2 aromatic carbocycles. The molecule has 92 valence electrons. The molecule has 0 atom stereocenters. The van der Waals surface area contributed by atoms with E-state index in [1.165, 1.54) is 0 Å². The molecule has 0 spiro atoms. The molecule has 0 fully saturated rings. The fourth-order valence-corrected chi connectivity index (χ4v) is 1.54. The first kappa shape index (κ1) is 15.6. The predicted octanol–water partition coefficient (Wildman–Crippen LogP) is -0.271. The second kappa shape index (κ2) is 7.89. The summed E-state index contributed by atoms with van der Waals surface area (Å²) in [4.78, 5) is 23.2. The van der Waals surface area contributed by atoms with Gasteiger partial charge in [-0.25, -0.2) is 4.79 Å². The third kappa shape index (κ3) is 4.99. The van der Waals surface area contributed by atoms with Gasteiger partial charge in [0.15, 0.2) is 0 Å². The van der Waals surface area contributed by atoms with Crippen LogP contribution in [0.25, 0.3) is 0 Å². The molecule has 3 nitrogen and oxygen atoms in total. The van der Waals surface area contributed by atoms with Crippen molar-refractivity contribution >= 4 is 11.9 Å². The summed E-state index contributed by atoms with van der Waals surface area (Å²) in [5.74, 6) is -1.16. The van der Waals surface area contributed by atoms with E-state index in [4.69, 9.17) is 4.74 Å². The molecule has 0 amide bonds. The molecule has 0 bridgehead atoms. The van der Waals surface area contributed by atoms with Crippen LogP contribution >= 0.6 is 0 Å². The number of carbonyl (C=O) groups is 2. The second-order valence-corrected chi connectivity index (χ2v) is 3.79. The van der Waals surface area contributed by atoms with Crippen molar-refractivity contribution in [1.82, 2.24) is 0 Å². The summed E-state index contributed by atoms with van der Waals surface area (Å²) in [7, 11) is 0. The summed E-state index contributed by atoms with van der Waals surface area (Å²) in [6, 6.07) is 17.6. The van der Waals surface area contributed by atoms with Gasteiger partial charge in [0.05, 0.1) is 12.0 Å². The molecule has 0 heterocycles. The van der Waals surface area contributed by atoms with Crippen LogP contribution in [0.15, 0.2) is 60.7 Å². The Hall–Kier alpha value is -1.42. The molecule has 2 aromatic rings. The van der Waals surface area contributed by atoms with E-state index in [0.717, 1.165) is 5.56 Å². The Labute approximate surface area is 135 Å². The molecule has 0 aliphatic carbocycles. The summed E-state index contributed by atoms with van der Waals surface area (Å²) >= 11 is 0. The van der Waals surface area contributed by atoms with Crippen molar-refractivity contribution in [3.05, 3.63) is 71.8 Å². The first-order valence-electron chi connectivity index (χ1n) is 5.59. The summed E-state index contributed by atoms with van der Waals surface area (Å²) in [6.45, 7) is 0. The molecular formula is C15H13NaO3. The molecule has 19 heavy (non-hydrogen) atoms. The van der Waals surface area contributed by atoms with Gasteiger partial charge >= 0.3 is 41.5 Å². The molecule has 0 saturated carbocycles. The molecule has 0 saturated heterocycles. The van der Waals surface area contributed by atoms with Crippen molar-refractivity contribution in [2.45, 2.75) is 6.42 Å². The van der Waals surface area contributed by atoms with Crippen LogP contribution in [-0.2, 0) is 16.0 Å². The van der Waals surface area contributed by atoms with Gasteiger partial charge in [0, 0.05) is 0 Å². The monoisotopic (exact) mass is 264 g/mol. The van der Waals surface area contributed by atoms with Gasteiger partial charge in [-0.05, 0) is 17.7 Å². The summed E-state index contributed by atoms with van der Waals surface area (Å²) < 4.78 is 4.76. The predicted molar refractivity (Wildman–Crippen MR) is 68.1 cm³/mol. The number of hydrogen-bond acceptors (Lipinski definition) is 3. The van der Waals surface area contributed by atoms with Gasteiger partial charge in [0.25, 0.3) is 0 Å². The minimum Gasteiger partial charge on any atom is -1.00 e. The van der Waals surface area contributed by atoms with E-state index in [-0.39, 0.29) is 37.4 Å². The van der Waals surface area contributed by atoms with Gasteiger partial charge in [-0.3, -0.25) is 4.79 Å². The van der Waals surface area contributed by atoms with Crippen molar-refractivity contribution in [3.8, 4) is 0 Å². The minimum absolute atomic E-state index is 0. The first-order valence-corrected chi connectivity index (χ1v) is 5.59. The Balaban J connectivity index is 0.00000180. The fraction of sp³-hybridized carbons (Fsp3) is 0.0667. The van der Waals surface area contributed by atoms with Crippen molar-refractivity contribution in [2.75, 3.05) is 0 Å². The van der Waals surface area contributed by atoms with Crippen LogP contribution in [0.3, 0.4) is 0 Å². The Morgan fingerprint density at radius 1 is 0.895 bits per heavy atom. The summed E-state index contributed by atoms with van der Waals surface area (Å²) in [5.41, 5.74) is 1.20. The van der Waals surface area contributed by atoms with Crippen molar-refractivity contribution in [3.63, 3.8) is 0 Å². The van der Waals surface area contributed by atoms with Crippen LogP contribution in [0.5, 0.6) is 0 Å². The van der Waals surface area contributed by atoms with E-state index in [2.05, 4.69) is 0 Å². The number of ether oxygens (including phenoxy) is 1. The number of carbonyl (C=O) groups excluding carboxylic acids is 2. The zero-order chi connectivity index (χ0) is 12.8. The van der Waals surface area contributed by atoms with E-state index in [9.17, 15) is 9.59 Å². The zero-order valence-corrected chi connectivity index (χ0v) is 12.7. The summed E-state index contributed by atoms with van der Waals surface area (Å²) in [5, 5.41) is 0. The number of benzene rings is 2. The Morgan fingerprint density at radius 2 is 1.42 bits per heavy atom. The average Bonchev–Trinajstić information content (AvgIpc) is 2.40. The molecule has 0 radical (unpaired) electrons. The molecule has 0 aromatic heterocycles. The van der Waals surface area contributed by atoms with E-state index < -0.39 is 11.9 Å². The quantitative estimate of drug-likeness (QED) is 0.435. The van der Waals surface area contributed by atoms with Crippen LogP contribution in [0, 0.1) is 0 Å². The van der Waals surface area contributed by atoms with Gasteiger partial charge in [0.2, 0.25) is 0 Å². The molecule has 2 rings (SSSR count). The Kier molecular flexibility index (Phi) is 6.50. The van der Waals surface area contributed by atoms with Crippen LogP contribution in [0.1, 0.15) is 17.3 Å². The third-order valence-electron chi connectivity index (χ3n) is 2.41. The van der Waals surface area contributed by atoms with Gasteiger partial charge in [-0.1, -0.05) is 48.5 Å². The second-order valence-electron chi connectivity index (χ2n) is 3.79. The van der Waals surface area contributed by atoms with E-state index in [0.29, 0.717) is 5.56 Å². The standard InChI is InChI=1S/C15H12O3.Na.H/c16-14(11-12-7-3-1-4-8-12)18-15(17)13-9-5-2-6-10-13;;/h1-10H,11H2;;/q;+1;-1. The largest absolute Gasteiger partial charge is 1.00 e. The minimum atomic E-state index is -0.614. The normalized spacial score (nSPS) is 9.26. The van der Waals surface area contributed by atoms with Crippen LogP contribution in [0.4, 0.5) is 0 Å². The van der Waals surface area contributed by atoms with Gasteiger partial charge in [-0.15, -0.1) is 0 Å². The van der Waals surface area contributed by atoms with Gasteiger partial charge in [-0.2, -0.15) is 0 Å². The molecular weight excluding hydrogens is 251 g/mol. The molecule has 4 heteroatoms. The maximum absolute atomic E-state index is 11.6. The van der Waals surface area contributed by atoms with Gasteiger partial charge < -0.3 is 6.16 Å². The van der Waals surface area contributed by atoms with Crippen molar-refractivity contribution < 1.29 is 45.3 Å². The Morgan fingerprint density at radius 3 is 2.00 bits per heavy atom. The smallest absolute Gasteiger partial charge is 1.00 e. The fourth-order valence-electron chi connectivity index (χ4n) is 1.54. The molecule has 0 aliphatic heterocycles. The average molecular weight is 264 g/mol. The van der Waals surface area contributed by atoms with Crippen molar-refractivity contribution in [1.29, 1.82) is 0 Å². The van der Waals surface area contributed by atoms with Crippen LogP contribution < -0.4 is 29.6 Å². The van der Waals surface area contributed by atoms with Crippen LogP contribution in [-0.4, -0.2) is 11.9 Å². The molecule has 0 N–H and O–H groups in total. The SMILES string of the molecule is O=C(Cc1ccccc1)OC(=O)c1ccccc1.[H-].[Na+]. The van der Waals surface area contributed by atoms with Crippen molar-refractivity contribution in [2.24, 2.45) is 0 Å². The zero-order valence-electron chi connectivity index (χ0n) is 11.7. The van der Waals surface area contributed by atoms with Gasteiger partial charge in [0.1, 0.15) is 0 Å². The molecule has 0 unspecified atom stereocenters. The molecule has 0 aliphatic rings. The maximum atomic E-state index is 11.6. The van der Waals surface area contributed by atoms with E-state index in [1.54, 1.807) is 30.3 Å². The Bertz CT molecular complexity index is 544. The number of esters is 2. The summed E-state index contributed by atoms with van der Waals surface area (Å²) in [6.07, 6.45) is 0.0966. The topological polar surface area (TPSA) is 43.4 Å². The maximum Gasteiger partial charge on any atom is 1.00 e. The number of hydrogen-bond donors (Lipinski definition) is 0.